The SMILES string of the molecule is CO[Si](CSCCCN1[Si](C)(C)CC[Si]1(C)C)(OC)OC. The Morgan fingerprint density at radius 3 is 1.86 bits per heavy atom. The molecule has 0 atom stereocenters. The van der Waals surface area contributed by atoms with E-state index in [4.69, 9.17) is 13.3 Å². The first-order chi connectivity index (χ1) is 9.73. The van der Waals surface area contributed by atoms with Crippen LogP contribution in [0.15, 0.2) is 0 Å². The minimum atomic E-state index is -2.39. The van der Waals surface area contributed by atoms with Gasteiger partial charge in [0.2, 0.25) is 0 Å². The van der Waals surface area contributed by atoms with Crippen LogP contribution < -0.4 is 0 Å². The average Bonchev–Trinajstić information content (AvgIpc) is 2.65. The van der Waals surface area contributed by atoms with Crippen molar-refractivity contribution in [3.63, 3.8) is 0 Å². The summed E-state index contributed by atoms with van der Waals surface area (Å²) in [4.78, 5) is 0. The fraction of sp³-hybridized carbons (Fsp3) is 1.00. The lowest BCUT2D eigenvalue weighted by Gasteiger charge is -2.39. The van der Waals surface area contributed by atoms with Gasteiger partial charge in [-0.15, -0.1) is 0 Å². The van der Waals surface area contributed by atoms with Crippen LogP contribution in [0, 0.1) is 0 Å². The van der Waals surface area contributed by atoms with E-state index in [2.05, 4.69) is 30.4 Å². The second-order valence-electron chi connectivity index (χ2n) is 6.98. The number of thioether (sulfide) groups is 1. The maximum absolute atomic E-state index is 5.46. The van der Waals surface area contributed by atoms with E-state index in [1.165, 1.54) is 25.1 Å². The molecule has 1 aliphatic heterocycles. The topological polar surface area (TPSA) is 30.9 Å². The van der Waals surface area contributed by atoms with Gasteiger partial charge in [-0.25, -0.2) is 0 Å². The Labute approximate surface area is 138 Å². The molecule has 0 saturated carbocycles. The van der Waals surface area contributed by atoms with Crippen LogP contribution in [-0.2, 0) is 13.3 Å². The third-order valence-electron chi connectivity index (χ3n) is 4.69. The van der Waals surface area contributed by atoms with Gasteiger partial charge in [0.05, 0.1) is 5.38 Å². The van der Waals surface area contributed by atoms with E-state index < -0.39 is 25.3 Å². The van der Waals surface area contributed by atoms with Crippen molar-refractivity contribution in [2.24, 2.45) is 0 Å². The van der Waals surface area contributed by atoms with Gasteiger partial charge in [0.1, 0.15) is 16.5 Å². The van der Waals surface area contributed by atoms with Crippen molar-refractivity contribution in [3.8, 4) is 0 Å². The summed E-state index contributed by atoms with van der Waals surface area (Å²) in [7, 11) is 0.467. The molecule has 126 valence electrons. The Morgan fingerprint density at radius 1 is 0.952 bits per heavy atom. The molecule has 1 saturated heterocycles. The highest BCUT2D eigenvalue weighted by Crippen LogP contribution is 2.36. The van der Waals surface area contributed by atoms with Crippen LogP contribution in [0.4, 0.5) is 0 Å². The van der Waals surface area contributed by atoms with E-state index >= 15 is 0 Å². The predicted molar refractivity (Wildman–Crippen MR) is 100 cm³/mol. The van der Waals surface area contributed by atoms with Crippen molar-refractivity contribution >= 4 is 37.0 Å². The molecule has 0 aliphatic carbocycles. The molecule has 0 amide bonds. The highest BCUT2D eigenvalue weighted by Gasteiger charge is 2.46. The van der Waals surface area contributed by atoms with E-state index in [1.807, 2.05) is 11.8 Å². The van der Waals surface area contributed by atoms with Gasteiger partial charge in [-0.05, 0) is 30.8 Å². The molecular formula is C13H33NO3SSi3. The molecule has 8 heteroatoms. The molecule has 21 heavy (non-hydrogen) atoms. The quantitative estimate of drug-likeness (QED) is 0.461. The van der Waals surface area contributed by atoms with Crippen LogP contribution >= 0.6 is 11.8 Å². The summed E-state index contributed by atoms with van der Waals surface area (Å²) in [6.07, 6.45) is 1.26. The van der Waals surface area contributed by atoms with Crippen molar-refractivity contribution in [1.29, 1.82) is 0 Å². The molecule has 0 N–H and O–H groups in total. The first-order valence-electron chi connectivity index (χ1n) is 7.74. The van der Waals surface area contributed by atoms with Crippen molar-refractivity contribution in [2.75, 3.05) is 39.0 Å². The molecule has 4 nitrogen and oxygen atoms in total. The van der Waals surface area contributed by atoms with E-state index in [0.717, 1.165) is 11.1 Å². The molecule has 1 aliphatic rings. The molecule has 1 rings (SSSR count). The highest BCUT2D eigenvalue weighted by atomic mass is 32.2. The van der Waals surface area contributed by atoms with Gasteiger partial charge in [-0.2, -0.15) is 11.8 Å². The Bertz CT molecular complexity index is 304. The number of hydrogen-bond acceptors (Lipinski definition) is 5. The van der Waals surface area contributed by atoms with E-state index in [-0.39, 0.29) is 0 Å². The Hall–Kier alpha value is 0.841. The molecule has 0 bridgehead atoms. The van der Waals surface area contributed by atoms with Crippen LogP contribution in [-0.4, -0.2) is 68.5 Å². The van der Waals surface area contributed by atoms with Crippen molar-refractivity contribution in [3.05, 3.63) is 0 Å². The summed E-state index contributed by atoms with van der Waals surface area (Å²) in [5.41, 5.74) is 0. The lowest BCUT2D eigenvalue weighted by Crippen LogP contribution is -2.55. The molecule has 1 fully saturated rings. The van der Waals surface area contributed by atoms with Gasteiger partial charge in [0, 0.05) is 21.3 Å². The summed E-state index contributed by atoms with van der Waals surface area (Å²) in [5.74, 6) is 1.16. The average molecular weight is 368 g/mol. The highest BCUT2D eigenvalue weighted by molar-refractivity contribution is 8.00. The van der Waals surface area contributed by atoms with Crippen molar-refractivity contribution < 1.29 is 13.3 Å². The second kappa shape index (κ2) is 8.09. The monoisotopic (exact) mass is 367 g/mol. The van der Waals surface area contributed by atoms with Crippen LogP contribution in [0.5, 0.6) is 0 Å². The molecule has 1 heterocycles. The lowest BCUT2D eigenvalue weighted by molar-refractivity contribution is 0.130. The first kappa shape index (κ1) is 19.9. The maximum atomic E-state index is 5.46. The van der Waals surface area contributed by atoms with Crippen molar-refractivity contribution in [1.82, 2.24) is 4.23 Å². The first-order valence-corrected chi connectivity index (χ1v) is 17.1. The third kappa shape index (κ3) is 5.17. The number of rotatable bonds is 9. The van der Waals surface area contributed by atoms with Gasteiger partial charge in [-0.3, -0.25) is 0 Å². The largest absolute Gasteiger partial charge is 0.510 e. The number of nitrogens with zero attached hydrogens (tertiary/aromatic N) is 1. The Morgan fingerprint density at radius 2 is 1.43 bits per heavy atom. The maximum Gasteiger partial charge on any atom is 0.510 e. The predicted octanol–water partition coefficient (Wildman–Crippen LogP) is 3.25. The van der Waals surface area contributed by atoms with E-state index in [0.29, 0.717) is 0 Å². The minimum absolute atomic E-state index is 0.845. The van der Waals surface area contributed by atoms with Crippen LogP contribution in [0.1, 0.15) is 6.42 Å². The van der Waals surface area contributed by atoms with Crippen LogP contribution in [0.25, 0.3) is 0 Å². The third-order valence-corrected chi connectivity index (χ3v) is 19.8. The van der Waals surface area contributed by atoms with Crippen LogP contribution in [0.2, 0.25) is 38.3 Å². The van der Waals surface area contributed by atoms with E-state index in [1.54, 1.807) is 21.3 Å². The molecule has 0 aromatic rings. The van der Waals surface area contributed by atoms with Crippen LogP contribution in [0.3, 0.4) is 0 Å². The Balaban J connectivity index is 2.34. The minimum Gasteiger partial charge on any atom is -0.376 e. The number of hydrogen-bond donors (Lipinski definition) is 0. The molecular weight excluding hydrogens is 334 g/mol. The summed E-state index contributed by atoms with van der Waals surface area (Å²) in [5, 5.41) is 0.845. The van der Waals surface area contributed by atoms with E-state index in [9.17, 15) is 0 Å². The lowest BCUT2D eigenvalue weighted by atomic mass is 10.5. The summed E-state index contributed by atoms with van der Waals surface area (Å²) >= 11 is 1.91. The smallest absolute Gasteiger partial charge is 0.376 e. The van der Waals surface area contributed by atoms with Gasteiger partial charge in [-0.1, -0.05) is 26.2 Å². The van der Waals surface area contributed by atoms with Gasteiger partial charge in [0.25, 0.3) is 0 Å². The fourth-order valence-corrected chi connectivity index (χ4v) is 21.3. The molecule has 0 unspecified atom stereocenters. The van der Waals surface area contributed by atoms with Gasteiger partial charge >= 0.3 is 8.80 Å². The zero-order valence-electron chi connectivity index (χ0n) is 14.8. The van der Waals surface area contributed by atoms with Gasteiger partial charge in [0.15, 0.2) is 0 Å². The molecule has 0 spiro atoms. The summed E-state index contributed by atoms with van der Waals surface area (Å²) < 4.78 is 19.3. The summed E-state index contributed by atoms with van der Waals surface area (Å²) in [6, 6.07) is 2.98. The normalized spacial score (nSPS) is 21.9. The van der Waals surface area contributed by atoms with Gasteiger partial charge < -0.3 is 17.5 Å². The zero-order valence-corrected chi connectivity index (χ0v) is 18.6. The second-order valence-corrected chi connectivity index (χ2v) is 21.3. The molecule has 0 radical (unpaired) electrons. The molecule has 0 aromatic heterocycles. The summed E-state index contributed by atoms with van der Waals surface area (Å²) in [6.45, 7) is 11.5. The fourth-order valence-electron chi connectivity index (χ4n) is 3.26. The standard InChI is InChI=1S/C13H33NO3SSi3/c1-15-21(16-2,17-3)13-18-10-8-9-14-19(4,5)11-12-20(14,6)7/h8-13H2,1-7H3. The molecule has 0 aromatic carbocycles. The van der Waals surface area contributed by atoms with Crippen molar-refractivity contribution in [2.45, 2.75) is 44.7 Å². The Kier molecular flexibility index (Phi) is 7.66. The zero-order chi connectivity index (χ0) is 16.1.